The zero-order chi connectivity index (χ0) is 21.0. The number of amides is 2. The van der Waals surface area contributed by atoms with Crippen LogP contribution in [-0.2, 0) is 6.54 Å². The zero-order valence-electron chi connectivity index (χ0n) is 17.2. The minimum Gasteiger partial charge on any atom is -0.321 e. The Balaban J connectivity index is 1.80. The molecule has 0 spiro atoms. The molecule has 2 N–H and O–H groups in total. The van der Waals surface area contributed by atoms with Crippen LogP contribution in [-0.4, -0.2) is 21.6 Å². The Morgan fingerprint density at radius 2 is 1.79 bits per heavy atom. The van der Waals surface area contributed by atoms with E-state index in [2.05, 4.69) is 22.7 Å². The van der Waals surface area contributed by atoms with E-state index in [4.69, 9.17) is 0 Å². The molecule has 0 bridgehead atoms. The molecule has 0 unspecified atom stereocenters. The second-order valence-corrected chi connectivity index (χ2v) is 8.27. The maximum absolute atomic E-state index is 13.0. The van der Waals surface area contributed by atoms with Crippen LogP contribution in [0.3, 0.4) is 0 Å². The van der Waals surface area contributed by atoms with Gasteiger partial charge < -0.3 is 10.6 Å². The Labute approximate surface area is 175 Å². The van der Waals surface area contributed by atoms with E-state index in [1.165, 1.54) is 11.3 Å². The SMILES string of the molecule is CCCCn1nc(C)c(NC(=O)c2ccccc2NC(=O)c2ccc(C)s2)c1C. The number of aromatic nitrogens is 2. The average Bonchev–Trinajstić information content (AvgIpc) is 3.25. The first kappa shape index (κ1) is 20.8. The van der Waals surface area contributed by atoms with Gasteiger partial charge in [-0.15, -0.1) is 11.3 Å². The summed E-state index contributed by atoms with van der Waals surface area (Å²) in [5.41, 5.74) is 3.33. The van der Waals surface area contributed by atoms with Gasteiger partial charge in [-0.2, -0.15) is 5.10 Å². The number of hydrogen-bond acceptors (Lipinski definition) is 4. The Kier molecular flexibility index (Phi) is 6.49. The molecule has 152 valence electrons. The molecule has 29 heavy (non-hydrogen) atoms. The summed E-state index contributed by atoms with van der Waals surface area (Å²) < 4.78 is 1.93. The number of rotatable bonds is 7. The molecule has 1 aromatic carbocycles. The van der Waals surface area contributed by atoms with Gasteiger partial charge in [0.25, 0.3) is 11.8 Å². The number of aryl methyl sites for hydroxylation is 3. The van der Waals surface area contributed by atoms with Crippen molar-refractivity contribution in [2.75, 3.05) is 10.6 Å². The van der Waals surface area contributed by atoms with Crippen LogP contribution >= 0.6 is 11.3 Å². The van der Waals surface area contributed by atoms with Crippen LogP contribution in [0.1, 0.15) is 56.1 Å². The van der Waals surface area contributed by atoms with Crippen molar-refractivity contribution < 1.29 is 9.59 Å². The minimum absolute atomic E-state index is 0.219. The molecule has 3 aromatic rings. The summed E-state index contributed by atoms with van der Waals surface area (Å²) in [7, 11) is 0. The fourth-order valence-electron chi connectivity index (χ4n) is 3.11. The summed E-state index contributed by atoms with van der Waals surface area (Å²) in [6.07, 6.45) is 2.11. The van der Waals surface area contributed by atoms with Crippen molar-refractivity contribution in [2.24, 2.45) is 0 Å². The lowest BCUT2D eigenvalue weighted by atomic mass is 10.1. The van der Waals surface area contributed by atoms with Gasteiger partial charge in [-0.05, 0) is 51.5 Å². The van der Waals surface area contributed by atoms with E-state index in [1.54, 1.807) is 30.3 Å². The molecular formula is C22H26N4O2S. The molecule has 0 aliphatic rings. The maximum Gasteiger partial charge on any atom is 0.265 e. The Morgan fingerprint density at radius 3 is 2.48 bits per heavy atom. The third kappa shape index (κ3) is 4.74. The van der Waals surface area contributed by atoms with Crippen molar-refractivity contribution >= 4 is 34.5 Å². The van der Waals surface area contributed by atoms with E-state index in [1.807, 2.05) is 31.5 Å². The summed E-state index contributed by atoms with van der Waals surface area (Å²) in [6.45, 7) is 8.76. The standard InChI is InChI=1S/C22H26N4O2S/c1-5-6-13-26-16(4)20(15(3)25-26)24-21(27)17-9-7-8-10-18(17)23-22(28)19-12-11-14(2)29-19/h7-12H,5-6,13H2,1-4H3,(H,23,28)(H,24,27). The van der Waals surface area contributed by atoms with Crippen molar-refractivity contribution in [1.82, 2.24) is 9.78 Å². The van der Waals surface area contributed by atoms with Gasteiger partial charge in [0.1, 0.15) is 0 Å². The molecule has 0 aliphatic heterocycles. The van der Waals surface area contributed by atoms with Gasteiger partial charge in [-0.3, -0.25) is 14.3 Å². The fourth-order valence-corrected chi connectivity index (χ4v) is 3.88. The van der Waals surface area contributed by atoms with Crippen LogP contribution in [0.4, 0.5) is 11.4 Å². The lowest BCUT2D eigenvalue weighted by Gasteiger charge is -2.11. The van der Waals surface area contributed by atoms with Crippen molar-refractivity contribution in [1.29, 1.82) is 0 Å². The zero-order valence-corrected chi connectivity index (χ0v) is 18.0. The van der Waals surface area contributed by atoms with Gasteiger partial charge in [-0.25, -0.2) is 0 Å². The van der Waals surface area contributed by atoms with Crippen molar-refractivity contribution in [3.8, 4) is 0 Å². The number of benzene rings is 1. The molecule has 0 saturated heterocycles. The number of carbonyl (C=O) groups excluding carboxylic acids is 2. The third-order valence-electron chi connectivity index (χ3n) is 4.73. The lowest BCUT2D eigenvalue weighted by molar-refractivity contribution is 0.102. The number of carbonyl (C=O) groups is 2. The Bertz CT molecular complexity index is 1040. The monoisotopic (exact) mass is 410 g/mol. The smallest absolute Gasteiger partial charge is 0.265 e. The maximum atomic E-state index is 13.0. The van der Waals surface area contributed by atoms with Gasteiger partial charge in [0.05, 0.1) is 33.2 Å². The Hall–Kier alpha value is -2.93. The molecule has 2 heterocycles. The summed E-state index contributed by atoms with van der Waals surface area (Å²) in [6, 6.07) is 10.7. The van der Waals surface area contributed by atoms with E-state index in [9.17, 15) is 9.59 Å². The predicted octanol–water partition coefficient (Wildman–Crippen LogP) is 5.17. The van der Waals surface area contributed by atoms with Crippen molar-refractivity contribution in [3.63, 3.8) is 0 Å². The second kappa shape index (κ2) is 9.05. The molecular weight excluding hydrogens is 384 g/mol. The molecule has 2 amide bonds. The summed E-state index contributed by atoms with van der Waals surface area (Å²) in [5.74, 6) is -0.493. The predicted molar refractivity (Wildman–Crippen MR) is 118 cm³/mol. The van der Waals surface area contributed by atoms with E-state index >= 15 is 0 Å². The lowest BCUT2D eigenvalue weighted by Crippen LogP contribution is -2.18. The molecule has 0 radical (unpaired) electrons. The van der Waals surface area contributed by atoms with Crippen LogP contribution in [0.5, 0.6) is 0 Å². The molecule has 0 fully saturated rings. The van der Waals surface area contributed by atoms with E-state index in [-0.39, 0.29) is 11.8 Å². The number of nitrogens with zero attached hydrogens (tertiary/aromatic N) is 2. The quantitative estimate of drug-likeness (QED) is 0.564. The molecule has 2 aromatic heterocycles. The largest absolute Gasteiger partial charge is 0.321 e. The highest BCUT2D eigenvalue weighted by Gasteiger charge is 2.18. The number of unbranched alkanes of at least 4 members (excludes halogenated alkanes) is 1. The van der Waals surface area contributed by atoms with Crippen LogP contribution in [0.25, 0.3) is 0 Å². The third-order valence-corrected chi connectivity index (χ3v) is 5.73. The van der Waals surface area contributed by atoms with Crippen LogP contribution < -0.4 is 10.6 Å². The molecule has 0 aliphatic carbocycles. The number of thiophene rings is 1. The number of hydrogen-bond donors (Lipinski definition) is 2. The summed E-state index contributed by atoms with van der Waals surface area (Å²) in [5, 5.41) is 10.4. The summed E-state index contributed by atoms with van der Waals surface area (Å²) >= 11 is 1.42. The minimum atomic E-state index is -0.274. The van der Waals surface area contributed by atoms with Crippen molar-refractivity contribution in [3.05, 3.63) is 63.1 Å². The highest BCUT2D eigenvalue weighted by atomic mass is 32.1. The van der Waals surface area contributed by atoms with Crippen LogP contribution in [0, 0.1) is 20.8 Å². The van der Waals surface area contributed by atoms with Crippen LogP contribution in [0.15, 0.2) is 36.4 Å². The van der Waals surface area contributed by atoms with E-state index in [0.717, 1.165) is 41.3 Å². The van der Waals surface area contributed by atoms with Gasteiger partial charge in [0.15, 0.2) is 0 Å². The highest BCUT2D eigenvalue weighted by Crippen LogP contribution is 2.24. The molecule has 3 rings (SSSR count). The van der Waals surface area contributed by atoms with Gasteiger partial charge in [-0.1, -0.05) is 25.5 Å². The fraction of sp³-hybridized carbons (Fsp3) is 0.318. The number of para-hydroxylation sites is 1. The first-order chi connectivity index (χ1) is 13.9. The van der Waals surface area contributed by atoms with E-state index < -0.39 is 0 Å². The van der Waals surface area contributed by atoms with Gasteiger partial charge >= 0.3 is 0 Å². The topological polar surface area (TPSA) is 76.0 Å². The number of anilines is 2. The second-order valence-electron chi connectivity index (χ2n) is 6.99. The molecule has 0 saturated carbocycles. The molecule has 0 atom stereocenters. The Morgan fingerprint density at radius 1 is 1.03 bits per heavy atom. The number of nitrogens with one attached hydrogen (secondary N) is 2. The van der Waals surface area contributed by atoms with Gasteiger partial charge in [0, 0.05) is 11.4 Å². The van der Waals surface area contributed by atoms with Crippen LogP contribution in [0.2, 0.25) is 0 Å². The van der Waals surface area contributed by atoms with E-state index in [0.29, 0.717) is 16.1 Å². The normalized spacial score (nSPS) is 10.8. The first-order valence-corrected chi connectivity index (χ1v) is 10.5. The average molecular weight is 411 g/mol. The van der Waals surface area contributed by atoms with Gasteiger partial charge in [0.2, 0.25) is 0 Å². The molecule has 6 nitrogen and oxygen atoms in total. The molecule has 7 heteroatoms. The first-order valence-electron chi connectivity index (χ1n) is 9.73. The summed E-state index contributed by atoms with van der Waals surface area (Å²) in [4.78, 5) is 27.2. The van der Waals surface area contributed by atoms with Crippen molar-refractivity contribution in [2.45, 2.75) is 47.1 Å². The highest BCUT2D eigenvalue weighted by molar-refractivity contribution is 7.14.